The number of carbonyl (C=O) groups excluding carboxylic acids is 1. The van der Waals surface area contributed by atoms with Crippen LogP contribution in [-0.2, 0) is 16.2 Å². The van der Waals surface area contributed by atoms with Crippen molar-refractivity contribution in [2.75, 3.05) is 6.61 Å². The highest BCUT2D eigenvalue weighted by atomic mass is 17.2. The largest absolute Gasteiger partial charge is 0.546 e. The van der Waals surface area contributed by atoms with E-state index in [4.69, 9.17) is 4.74 Å². The van der Waals surface area contributed by atoms with Crippen molar-refractivity contribution in [2.24, 2.45) is 0 Å². The lowest BCUT2D eigenvalue weighted by Gasteiger charge is -2.08. The third kappa shape index (κ3) is 3.90. The minimum atomic E-state index is -0.842. The maximum Gasteiger partial charge on any atom is 0.546 e. The molecule has 88 valence electrons. The van der Waals surface area contributed by atoms with Crippen LogP contribution in [0.3, 0.4) is 0 Å². The summed E-state index contributed by atoms with van der Waals surface area (Å²) in [6, 6.07) is 7.37. The molecule has 0 N–H and O–H groups in total. The maximum absolute atomic E-state index is 11.2. The number of hydrogen-bond donors (Lipinski definition) is 0. The monoisotopic (exact) mass is 224 g/mol. The highest BCUT2D eigenvalue weighted by Gasteiger charge is 2.10. The fraction of sp³-hybridized carbons (Fsp3) is 0.417. The van der Waals surface area contributed by atoms with Crippen LogP contribution < -0.4 is 4.74 Å². The van der Waals surface area contributed by atoms with Crippen molar-refractivity contribution in [3.63, 3.8) is 0 Å². The van der Waals surface area contributed by atoms with E-state index in [-0.39, 0.29) is 0 Å². The van der Waals surface area contributed by atoms with E-state index >= 15 is 0 Å². The Balaban J connectivity index is 2.61. The second kappa shape index (κ2) is 6.85. The number of benzene rings is 1. The molecule has 1 rings (SSSR count). The Morgan fingerprint density at radius 3 is 2.69 bits per heavy atom. The molecule has 0 heterocycles. The van der Waals surface area contributed by atoms with E-state index in [9.17, 15) is 4.79 Å². The molecule has 0 aliphatic rings. The zero-order chi connectivity index (χ0) is 11.8. The van der Waals surface area contributed by atoms with Gasteiger partial charge in [0.05, 0.1) is 6.61 Å². The van der Waals surface area contributed by atoms with Gasteiger partial charge < -0.3 is 4.74 Å². The second-order valence-corrected chi connectivity index (χ2v) is 3.20. The molecule has 0 bridgehead atoms. The van der Waals surface area contributed by atoms with Gasteiger partial charge in [0.25, 0.3) is 0 Å². The van der Waals surface area contributed by atoms with Crippen LogP contribution in [-0.4, -0.2) is 12.8 Å². The number of rotatable bonds is 5. The lowest BCUT2D eigenvalue weighted by atomic mass is 10.1. The molecule has 0 aliphatic heterocycles. The quantitative estimate of drug-likeness (QED) is 0.333. The summed E-state index contributed by atoms with van der Waals surface area (Å²) >= 11 is 0. The van der Waals surface area contributed by atoms with Crippen LogP contribution in [0.2, 0.25) is 0 Å². The Hall–Kier alpha value is -1.55. The number of carbonyl (C=O) groups is 1. The van der Waals surface area contributed by atoms with Crippen LogP contribution in [0, 0.1) is 0 Å². The van der Waals surface area contributed by atoms with E-state index in [2.05, 4.69) is 16.7 Å². The number of ether oxygens (including phenoxy) is 1. The first-order chi connectivity index (χ1) is 7.77. The third-order valence-electron chi connectivity index (χ3n) is 1.93. The second-order valence-electron chi connectivity index (χ2n) is 3.20. The summed E-state index contributed by atoms with van der Waals surface area (Å²) in [5.41, 5.74) is 0.985. The Labute approximate surface area is 95.1 Å². The Morgan fingerprint density at radius 1 is 1.25 bits per heavy atom. The van der Waals surface area contributed by atoms with Gasteiger partial charge in [-0.25, -0.2) is 4.79 Å². The van der Waals surface area contributed by atoms with Crippen molar-refractivity contribution < 1.29 is 19.3 Å². The van der Waals surface area contributed by atoms with Crippen LogP contribution >= 0.6 is 0 Å². The molecule has 0 fully saturated rings. The highest BCUT2D eigenvalue weighted by molar-refractivity contribution is 5.63. The average molecular weight is 224 g/mol. The molecule has 0 atom stereocenters. The number of para-hydroxylation sites is 1. The summed E-state index contributed by atoms with van der Waals surface area (Å²) in [6.07, 6.45) is 1.00. The molecule has 16 heavy (non-hydrogen) atoms. The lowest BCUT2D eigenvalue weighted by Crippen LogP contribution is -2.12. The summed E-state index contributed by atoms with van der Waals surface area (Å²) in [4.78, 5) is 20.0. The van der Waals surface area contributed by atoms with E-state index in [1.807, 2.05) is 18.2 Å². The van der Waals surface area contributed by atoms with E-state index < -0.39 is 6.16 Å². The average Bonchev–Trinajstić information content (AvgIpc) is 2.29. The zero-order valence-electron chi connectivity index (χ0n) is 9.56. The Kier molecular flexibility index (Phi) is 5.36. The molecule has 4 nitrogen and oxygen atoms in total. The molecule has 0 spiro atoms. The molecule has 0 aliphatic carbocycles. The summed E-state index contributed by atoms with van der Waals surface area (Å²) in [7, 11) is 0. The highest BCUT2D eigenvalue weighted by Crippen LogP contribution is 2.19. The van der Waals surface area contributed by atoms with E-state index in [0.717, 1.165) is 18.4 Å². The molecule has 0 radical (unpaired) electrons. The topological polar surface area (TPSA) is 44.8 Å². The van der Waals surface area contributed by atoms with Crippen molar-refractivity contribution in [1.82, 2.24) is 0 Å². The SMILES string of the molecule is CCCc1ccccc1OC(=O)OOCC. The van der Waals surface area contributed by atoms with Gasteiger partial charge >= 0.3 is 6.16 Å². The van der Waals surface area contributed by atoms with Crippen molar-refractivity contribution in [2.45, 2.75) is 26.7 Å². The van der Waals surface area contributed by atoms with Gasteiger partial charge in [0.2, 0.25) is 0 Å². The molecule has 0 unspecified atom stereocenters. The van der Waals surface area contributed by atoms with Crippen molar-refractivity contribution in [3.05, 3.63) is 29.8 Å². The van der Waals surface area contributed by atoms with Crippen LogP contribution in [0.5, 0.6) is 5.75 Å². The molecule has 1 aromatic rings. The fourth-order valence-corrected chi connectivity index (χ4v) is 1.29. The predicted molar refractivity (Wildman–Crippen MR) is 59.2 cm³/mol. The first-order valence-electron chi connectivity index (χ1n) is 5.37. The van der Waals surface area contributed by atoms with Crippen LogP contribution in [0.1, 0.15) is 25.8 Å². The molecule has 0 amide bonds. The third-order valence-corrected chi connectivity index (χ3v) is 1.93. The van der Waals surface area contributed by atoms with Crippen molar-refractivity contribution in [1.29, 1.82) is 0 Å². The van der Waals surface area contributed by atoms with Crippen molar-refractivity contribution in [3.8, 4) is 5.75 Å². The van der Waals surface area contributed by atoms with Crippen molar-refractivity contribution >= 4 is 6.16 Å². The van der Waals surface area contributed by atoms with Gasteiger partial charge in [-0.2, -0.15) is 4.89 Å². The standard InChI is InChI=1S/C12H16O4/c1-3-7-10-8-5-6-9-11(10)15-12(13)16-14-4-2/h5-6,8-9H,3-4,7H2,1-2H3. The van der Waals surface area contributed by atoms with Gasteiger partial charge in [-0.1, -0.05) is 31.5 Å². The van der Waals surface area contributed by atoms with Gasteiger partial charge in [0, 0.05) is 0 Å². The number of aryl methyl sites for hydroxylation is 1. The van der Waals surface area contributed by atoms with Gasteiger partial charge in [-0.3, -0.25) is 4.89 Å². The smallest absolute Gasteiger partial charge is 0.393 e. The lowest BCUT2D eigenvalue weighted by molar-refractivity contribution is -0.244. The first kappa shape index (κ1) is 12.5. The normalized spacial score (nSPS) is 9.88. The minimum absolute atomic E-state index is 0.297. The van der Waals surface area contributed by atoms with Gasteiger partial charge in [0.1, 0.15) is 5.75 Å². The Morgan fingerprint density at radius 2 is 2.00 bits per heavy atom. The summed E-state index contributed by atoms with van der Waals surface area (Å²) < 4.78 is 5.01. The zero-order valence-corrected chi connectivity index (χ0v) is 9.56. The molecule has 0 saturated heterocycles. The van der Waals surface area contributed by atoms with Gasteiger partial charge in [0.15, 0.2) is 0 Å². The van der Waals surface area contributed by atoms with Crippen LogP contribution in [0.4, 0.5) is 4.79 Å². The first-order valence-corrected chi connectivity index (χ1v) is 5.37. The van der Waals surface area contributed by atoms with Gasteiger partial charge in [-0.05, 0) is 25.0 Å². The molecule has 0 saturated carbocycles. The van der Waals surface area contributed by atoms with E-state index in [0.29, 0.717) is 12.4 Å². The summed E-state index contributed by atoms with van der Waals surface area (Å²) in [5, 5.41) is 0. The molecular formula is C12H16O4. The van der Waals surface area contributed by atoms with E-state index in [1.54, 1.807) is 13.0 Å². The minimum Gasteiger partial charge on any atom is -0.393 e. The fourth-order valence-electron chi connectivity index (χ4n) is 1.29. The Bertz CT molecular complexity index is 336. The molecule has 4 heteroatoms. The molecular weight excluding hydrogens is 208 g/mol. The predicted octanol–water partition coefficient (Wildman–Crippen LogP) is 3.11. The maximum atomic E-state index is 11.2. The van der Waals surface area contributed by atoms with Crippen LogP contribution in [0.25, 0.3) is 0 Å². The van der Waals surface area contributed by atoms with Gasteiger partial charge in [-0.15, -0.1) is 0 Å². The summed E-state index contributed by atoms with van der Waals surface area (Å²) in [6.45, 7) is 4.08. The molecule has 0 aromatic heterocycles. The van der Waals surface area contributed by atoms with Crippen LogP contribution in [0.15, 0.2) is 24.3 Å². The van der Waals surface area contributed by atoms with E-state index in [1.165, 1.54) is 0 Å². The summed E-state index contributed by atoms with van der Waals surface area (Å²) in [5.74, 6) is 0.522. The molecule has 1 aromatic carbocycles. The number of hydrogen-bond acceptors (Lipinski definition) is 4.